The lowest BCUT2D eigenvalue weighted by molar-refractivity contribution is -0.121. The van der Waals surface area contributed by atoms with Gasteiger partial charge in [0.15, 0.2) is 0 Å². The number of aromatic nitrogens is 2. The summed E-state index contributed by atoms with van der Waals surface area (Å²) in [6.45, 7) is 12.2. The predicted molar refractivity (Wildman–Crippen MR) is 115 cm³/mol. The second kappa shape index (κ2) is 10.1. The molecule has 1 unspecified atom stereocenters. The van der Waals surface area contributed by atoms with Gasteiger partial charge < -0.3 is 9.73 Å². The molecule has 1 saturated heterocycles. The molecule has 1 amide bonds. The van der Waals surface area contributed by atoms with E-state index in [2.05, 4.69) is 40.8 Å². The van der Waals surface area contributed by atoms with Gasteiger partial charge in [0.25, 0.3) is 0 Å². The van der Waals surface area contributed by atoms with Crippen molar-refractivity contribution in [1.29, 1.82) is 0 Å². The minimum Gasteiger partial charge on any atom is -0.468 e. The maximum Gasteiger partial charge on any atom is 0.220 e. The molecule has 0 spiro atoms. The van der Waals surface area contributed by atoms with Gasteiger partial charge >= 0.3 is 0 Å². The highest BCUT2D eigenvalue weighted by Crippen LogP contribution is 2.24. The van der Waals surface area contributed by atoms with E-state index < -0.39 is 0 Å². The van der Waals surface area contributed by atoms with Gasteiger partial charge in [-0.1, -0.05) is 20.3 Å². The Kier molecular flexibility index (Phi) is 7.53. The molecule has 3 heterocycles. The van der Waals surface area contributed by atoms with Crippen LogP contribution in [0.5, 0.6) is 0 Å². The van der Waals surface area contributed by atoms with Crippen LogP contribution in [0.25, 0.3) is 0 Å². The molecule has 2 aromatic heterocycles. The van der Waals surface area contributed by atoms with Crippen LogP contribution in [-0.2, 0) is 17.8 Å². The Labute approximate surface area is 174 Å². The molecule has 0 saturated carbocycles. The normalized spacial score (nSPS) is 16.3. The highest BCUT2D eigenvalue weighted by Gasteiger charge is 2.25. The molecular formula is C23H36N4O2. The number of rotatable bonds is 9. The Morgan fingerprint density at radius 2 is 2.00 bits per heavy atom. The van der Waals surface area contributed by atoms with Crippen molar-refractivity contribution in [2.75, 3.05) is 19.6 Å². The van der Waals surface area contributed by atoms with Crippen molar-refractivity contribution in [3.8, 4) is 0 Å². The molecule has 1 aliphatic rings. The van der Waals surface area contributed by atoms with E-state index >= 15 is 0 Å². The first-order valence-electron chi connectivity index (χ1n) is 11.0. The SMILES string of the molecule is Cc1nn(CC(C)C)c(C)c1CCC(=O)NCC(c1ccco1)N1CCCCC1. The molecule has 1 fully saturated rings. The summed E-state index contributed by atoms with van der Waals surface area (Å²) in [5.74, 6) is 1.58. The summed E-state index contributed by atoms with van der Waals surface area (Å²) in [5, 5.41) is 7.81. The number of hydrogen-bond donors (Lipinski definition) is 1. The smallest absolute Gasteiger partial charge is 0.220 e. The lowest BCUT2D eigenvalue weighted by atomic mass is 10.1. The predicted octanol–water partition coefficient (Wildman–Crippen LogP) is 4.02. The van der Waals surface area contributed by atoms with Crippen LogP contribution in [0.1, 0.15) is 68.3 Å². The molecular weight excluding hydrogens is 364 g/mol. The molecule has 1 N–H and O–H groups in total. The van der Waals surface area contributed by atoms with Gasteiger partial charge in [-0.2, -0.15) is 5.10 Å². The van der Waals surface area contributed by atoms with Gasteiger partial charge in [-0.05, 0) is 69.8 Å². The molecule has 0 aromatic carbocycles. The fraction of sp³-hybridized carbons (Fsp3) is 0.652. The summed E-state index contributed by atoms with van der Waals surface area (Å²) in [4.78, 5) is 15.0. The molecule has 0 radical (unpaired) electrons. The van der Waals surface area contributed by atoms with Gasteiger partial charge in [0, 0.05) is 25.2 Å². The molecule has 160 valence electrons. The topological polar surface area (TPSA) is 63.3 Å². The van der Waals surface area contributed by atoms with Crippen LogP contribution >= 0.6 is 0 Å². The Hall–Kier alpha value is -2.08. The number of furan rings is 1. The highest BCUT2D eigenvalue weighted by atomic mass is 16.3. The summed E-state index contributed by atoms with van der Waals surface area (Å²) in [6.07, 6.45) is 6.65. The average molecular weight is 401 g/mol. The number of amides is 1. The van der Waals surface area contributed by atoms with E-state index in [-0.39, 0.29) is 11.9 Å². The van der Waals surface area contributed by atoms with Gasteiger partial charge in [-0.3, -0.25) is 14.4 Å². The van der Waals surface area contributed by atoms with E-state index in [1.807, 2.05) is 19.1 Å². The summed E-state index contributed by atoms with van der Waals surface area (Å²) in [6, 6.07) is 4.06. The minimum atomic E-state index is 0.0916. The summed E-state index contributed by atoms with van der Waals surface area (Å²) in [7, 11) is 0. The van der Waals surface area contributed by atoms with Crippen molar-refractivity contribution in [3.05, 3.63) is 41.1 Å². The monoisotopic (exact) mass is 400 g/mol. The van der Waals surface area contributed by atoms with Crippen LogP contribution < -0.4 is 5.32 Å². The number of nitrogens with one attached hydrogen (secondary N) is 1. The molecule has 1 aliphatic heterocycles. The van der Waals surface area contributed by atoms with E-state index in [0.717, 1.165) is 37.5 Å². The molecule has 6 nitrogen and oxygen atoms in total. The first kappa shape index (κ1) is 21.6. The largest absolute Gasteiger partial charge is 0.468 e. The Morgan fingerprint density at radius 1 is 1.24 bits per heavy atom. The number of hydrogen-bond acceptors (Lipinski definition) is 4. The van der Waals surface area contributed by atoms with Gasteiger partial charge in [0.2, 0.25) is 5.91 Å². The second-order valence-corrected chi connectivity index (χ2v) is 8.66. The summed E-state index contributed by atoms with van der Waals surface area (Å²) >= 11 is 0. The van der Waals surface area contributed by atoms with Crippen LogP contribution in [0.3, 0.4) is 0 Å². The van der Waals surface area contributed by atoms with E-state index in [4.69, 9.17) is 4.42 Å². The third kappa shape index (κ3) is 5.72. The van der Waals surface area contributed by atoms with E-state index in [1.165, 1.54) is 30.5 Å². The maximum atomic E-state index is 12.6. The molecule has 1 atom stereocenters. The quantitative estimate of drug-likeness (QED) is 0.690. The number of aryl methyl sites for hydroxylation is 1. The van der Waals surface area contributed by atoms with Crippen molar-refractivity contribution >= 4 is 5.91 Å². The maximum absolute atomic E-state index is 12.6. The van der Waals surface area contributed by atoms with Crippen LogP contribution in [0.4, 0.5) is 0 Å². The number of nitrogens with zero attached hydrogens (tertiary/aromatic N) is 3. The molecule has 0 aliphatic carbocycles. The zero-order valence-electron chi connectivity index (χ0n) is 18.4. The van der Waals surface area contributed by atoms with Gasteiger partial charge in [-0.25, -0.2) is 0 Å². The van der Waals surface area contributed by atoms with E-state index in [1.54, 1.807) is 6.26 Å². The summed E-state index contributed by atoms with van der Waals surface area (Å²) in [5.41, 5.74) is 3.43. The Balaban J connectivity index is 1.55. The van der Waals surface area contributed by atoms with Crippen molar-refractivity contribution in [1.82, 2.24) is 20.0 Å². The Bertz CT molecular complexity index is 773. The van der Waals surface area contributed by atoms with Gasteiger partial charge in [0.1, 0.15) is 5.76 Å². The first-order valence-corrected chi connectivity index (χ1v) is 11.0. The summed E-state index contributed by atoms with van der Waals surface area (Å²) < 4.78 is 7.75. The molecule has 6 heteroatoms. The van der Waals surface area contributed by atoms with Crippen LogP contribution in [0.15, 0.2) is 22.8 Å². The van der Waals surface area contributed by atoms with Crippen molar-refractivity contribution in [2.24, 2.45) is 5.92 Å². The van der Waals surface area contributed by atoms with Gasteiger partial charge in [0.05, 0.1) is 18.0 Å². The lowest BCUT2D eigenvalue weighted by Crippen LogP contribution is -2.40. The third-order valence-electron chi connectivity index (χ3n) is 5.87. The number of likely N-dealkylation sites (tertiary alicyclic amines) is 1. The molecule has 3 rings (SSSR count). The van der Waals surface area contributed by atoms with Crippen molar-refractivity contribution in [3.63, 3.8) is 0 Å². The molecule has 2 aromatic rings. The number of carbonyl (C=O) groups excluding carboxylic acids is 1. The molecule has 29 heavy (non-hydrogen) atoms. The van der Waals surface area contributed by atoms with E-state index in [0.29, 0.717) is 18.9 Å². The Morgan fingerprint density at radius 3 is 2.66 bits per heavy atom. The van der Waals surface area contributed by atoms with E-state index in [9.17, 15) is 4.79 Å². The lowest BCUT2D eigenvalue weighted by Gasteiger charge is -2.33. The van der Waals surface area contributed by atoms with Crippen molar-refractivity contribution < 1.29 is 9.21 Å². The number of piperidine rings is 1. The first-order chi connectivity index (χ1) is 14.0. The number of carbonyl (C=O) groups is 1. The fourth-order valence-corrected chi connectivity index (χ4v) is 4.28. The zero-order valence-corrected chi connectivity index (χ0v) is 18.4. The second-order valence-electron chi connectivity index (χ2n) is 8.66. The standard InChI is InChI=1S/C23H36N4O2/c1-17(2)16-27-19(4)20(18(3)25-27)10-11-23(28)24-15-21(22-9-8-14-29-22)26-12-6-5-7-13-26/h8-9,14,17,21H,5-7,10-13,15-16H2,1-4H3,(H,24,28). The van der Waals surface area contributed by atoms with Crippen LogP contribution in [0, 0.1) is 19.8 Å². The highest BCUT2D eigenvalue weighted by molar-refractivity contribution is 5.76. The van der Waals surface area contributed by atoms with Crippen LogP contribution in [-0.4, -0.2) is 40.2 Å². The third-order valence-corrected chi connectivity index (χ3v) is 5.87. The van der Waals surface area contributed by atoms with Crippen molar-refractivity contribution in [2.45, 2.75) is 72.4 Å². The average Bonchev–Trinajstić information content (AvgIpc) is 3.30. The zero-order chi connectivity index (χ0) is 20.8. The molecule has 0 bridgehead atoms. The van der Waals surface area contributed by atoms with Gasteiger partial charge in [-0.15, -0.1) is 0 Å². The minimum absolute atomic E-state index is 0.0916. The van der Waals surface area contributed by atoms with Crippen LogP contribution in [0.2, 0.25) is 0 Å². The fourth-order valence-electron chi connectivity index (χ4n) is 4.28.